The summed E-state index contributed by atoms with van der Waals surface area (Å²) in [5.41, 5.74) is 2.95. The first-order valence-corrected chi connectivity index (χ1v) is 10.1. The van der Waals surface area contributed by atoms with E-state index >= 15 is 0 Å². The van der Waals surface area contributed by atoms with Crippen LogP contribution in [0.15, 0.2) is 53.5 Å². The predicted octanol–water partition coefficient (Wildman–Crippen LogP) is 4.45. The minimum absolute atomic E-state index is 0. The topological polar surface area (TPSA) is 56.7 Å². The van der Waals surface area contributed by atoms with E-state index in [-0.39, 0.29) is 29.9 Å². The van der Waals surface area contributed by atoms with E-state index < -0.39 is 0 Å². The molecule has 0 aromatic heterocycles. The molecule has 0 spiro atoms. The molecule has 1 fully saturated rings. The number of halogens is 2. The molecule has 2 aromatic rings. The van der Waals surface area contributed by atoms with E-state index in [0.29, 0.717) is 19.0 Å². The van der Waals surface area contributed by atoms with Gasteiger partial charge in [0.05, 0.1) is 0 Å². The van der Waals surface area contributed by atoms with Crippen LogP contribution < -0.4 is 10.6 Å². The second-order valence-electron chi connectivity index (χ2n) is 6.96. The van der Waals surface area contributed by atoms with Gasteiger partial charge in [-0.1, -0.05) is 35.9 Å². The van der Waals surface area contributed by atoms with E-state index in [1.165, 1.54) is 6.42 Å². The lowest BCUT2D eigenvalue weighted by Crippen LogP contribution is -2.36. The number of hydrogen-bond acceptors (Lipinski definition) is 2. The first-order chi connectivity index (χ1) is 13.7. The zero-order valence-corrected chi connectivity index (χ0v) is 19.7. The lowest BCUT2D eigenvalue weighted by Gasteiger charge is -2.26. The molecule has 5 nitrogen and oxygen atoms in total. The van der Waals surface area contributed by atoms with Crippen LogP contribution in [0.3, 0.4) is 0 Å². The molecule has 0 atom stereocenters. The molecule has 3 rings (SSSR count). The molecule has 0 radical (unpaired) electrons. The van der Waals surface area contributed by atoms with Crippen molar-refractivity contribution < 1.29 is 4.79 Å². The third kappa shape index (κ3) is 7.19. The second kappa shape index (κ2) is 12.0. The van der Waals surface area contributed by atoms with Crippen molar-refractivity contribution in [1.82, 2.24) is 15.5 Å². The van der Waals surface area contributed by atoms with E-state index in [2.05, 4.69) is 15.6 Å². The summed E-state index contributed by atoms with van der Waals surface area (Å²) in [7, 11) is 1.74. The Hall–Kier alpha value is -1.80. The number of carbonyl (C=O) groups excluding carboxylic acids is 1. The maximum absolute atomic E-state index is 12.5. The van der Waals surface area contributed by atoms with Crippen molar-refractivity contribution in [1.29, 1.82) is 0 Å². The normalized spacial score (nSPS) is 14.1. The maximum atomic E-state index is 12.5. The van der Waals surface area contributed by atoms with Crippen LogP contribution >= 0.6 is 35.6 Å². The van der Waals surface area contributed by atoms with Crippen molar-refractivity contribution >= 4 is 47.4 Å². The number of piperidine rings is 1. The summed E-state index contributed by atoms with van der Waals surface area (Å²) in [6.07, 6.45) is 3.44. The van der Waals surface area contributed by atoms with Gasteiger partial charge in [0.1, 0.15) is 0 Å². The van der Waals surface area contributed by atoms with E-state index in [4.69, 9.17) is 11.6 Å². The zero-order valence-electron chi connectivity index (χ0n) is 16.7. The minimum Gasteiger partial charge on any atom is -0.352 e. The smallest absolute Gasteiger partial charge is 0.253 e. The van der Waals surface area contributed by atoms with Gasteiger partial charge >= 0.3 is 0 Å². The predicted molar refractivity (Wildman–Crippen MR) is 130 cm³/mol. The quantitative estimate of drug-likeness (QED) is 0.344. The van der Waals surface area contributed by atoms with Crippen molar-refractivity contribution in [2.45, 2.75) is 32.4 Å². The second-order valence-corrected chi connectivity index (χ2v) is 7.40. The molecule has 7 heteroatoms. The summed E-state index contributed by atoms with van der Waals surface area (Å²) >= 11 is 6.02. The molecule has 1 aliphatic heterocycles. The van der Waals surface area contributed by atoms with Crippen molar-refractivity contribution in [3.05, 3.63) is 70.2 Å². The van der Waals surface area contributed by atoms with E-state index in [9.17, 15) is 4.79 Å². The summed E-state index contributed by atoms with van der Waals surface area (Å²) in [5, 5.41) is 7.29. The Morgan fingerprint density at radius 2 is 1.66 bits per heavy atom. The molecule has 1 aliphatic rings. The average molecular weight is 527 g/mol. The molecule has 0 unspecified atom stereocenters. The standard InChI is InChI=1S/C22H27ClN4O.HI/c1-24-22(26-16-18-6-5-7-20(23)14-18)25-15-17-8-10-19(11-9-17)21(28)27-12-3-2-4-13-27;/h5-11,14H,2-4,12-13,15-16H2,1H3,(H2,24,25,26);1H. The van der Waals surface area contributed by atoms with E-state index in [0.717, 1.165) is 47.6 Å². The molecule has 1 saturated heterocycles. The molecular formula is C22H28ClIN4O. The molecule has 1 heterocycles. The maximum Gasteiger partial charge on any atom is 0.253 e. The molecule has 29 heavy (non-hydrogen) atoms. The Bertz CT molecular complexity index is 820. The van der Waals surface area contributed by atoms with Crippen LogP contribution in [0, 0.1) is 0 Å². The van der Waals surface area contributed by atoms with Gasteiger partial charge in [0.2, 0.25) is 0 Å². The Morgan fingerprint density at radius 1 is 1.00 bits per heavy atom. The number of amides is 1. The Kier molecular flexibility index (Phi) is 9.73. The van der Waals surface area contributed by atoms with Gasteiger partial charge < -0.3 is 15.5 Å². The number of likely N-dealkylation sites (tertiary alicyclic amines) is 1. The van der Waals surface area contributed by atoms with E-state index in [1.807, 2.05) is 53.4 Å². The van der Waals surface area contributed by atoms with Gasteiger partial charge in [0, 0.05) is 43.8 Å². The number of guanidine groups is 1. The lowest BCUT2D eigenvalue weighted by atomic mass is 10.1. The van der Waals surface area contributed by atoms with Crippen LogP contribution in [0.5, 0.6) is 0 Å². The third-order valence-corrected chi connectivity index (χ3v) is 5.11. The highest BCUT2D eigenvalue weighted by molar-refractivity contribution is 14.0. The number of rotatable bonds is 5. The van der Waals surface area contributed by atoms with Gasteiger partial charge in [-0.3, -0.25) is 9.79 Å². The van der Waals surface area contributed by atoms with Gasteiger partial charge in [-0.25, -0.2) is 0 Å². The van der Waals surface area contributed by atoms with Gasteiger partial charge in [-0.2, -0.15) is 0 Å². The van der Waals surface area contributed by atoms with Gasteiger partial charge in [0.15, 0.2) is 5.96 Å². The molecule has 1 amide bonds. The minimum atomic E-state index is 0. The Balaban J connectivity index is 0.00000300. The fraction of sp³-hybridized carbons (Fsp3) is 0.364. The Labute approximate surface area is 194 Å². The fourth-order valence-electron chi connectivity index (χ4n) is 3.28. The van der Waals surface area contributed by atoms with Crippen molar-refractivity contribution in [3.8, 4) is 0 Å². The monoisotopic (exact) mass is 526 g/mol. The van der Waals surface area contributed by atoms with Crippen LogP contribution in [0.2, 0.25) is 5.02 Å². The number of aliphatic imine (C=N–C) groups is 1. The zero-order chi connectivity index (χ0) is 19.8. The highest BCUT2D eigenvalue weighted by atomic mass is 127. The highest BCUT2D eigenvalue weighted by Gasteiger charge is 2.17. The van der Waals surface area contributed by atoms with Gasteiger partial charge in [0.25, 0.3) is 5.91 Å². The summed E-state index contributed by atoms with van der Waals surface area (Å²) in [6, 6.07) is 15.6. The summed E-state index contributed by atoms with van der Waals surface area (Å²) < 4.78 is 0. The van der Waals surface area contributed by atoms with Crippen LogP contribution in [-0.4, -0.2) is 36.9 Å². The SMILES string of the molecule is CN=C(NCc1ccc(C(=O)N2CCCCC2)cc1)NCc1cccc(Cl)c1.I. The van der Waals surface area contributed by atoms with E-state index in [1.54, 1.807) is 7.05 Å². The molecule has 156 valence electrons. The lowest BCUT2D eigenvalue weighted by molar-refractivity contribution is 0.0724. The number of carbonyl (C=O) groups is 1. The van der Waals surface area contributed by atoms with Gasteiger partial charge in [-0.15, -0.1) is 24.0 Å². The number of nitrogens with zero attached hydrogens (tertiary/aromatic N) is 2. The average Bonchev–Trinajstić information content (AvgIpc) is 2.74. The van der Waals surface area contributed by atoms with Crippen molar-refractivity contribution in [2.75, 3.05) is 20.1 Å². The van der Waals surface area contributed by atoms with Crippen LogP contribution in [0.4, 0.5) is 0 Å². The molecule has 0 aliphatic carbocycles. The first kappa shape index (κ1) is 23.5. The van der Waals surface area contributed by atoms with Crippen LogP contribution in [0.25, 0.3) is 0 Å². The largest absolute Gasteiger partial charge is 0.352 e. The highest BCUT2D eigenvalue weighted by Crippen LogP contribution is 2.14. The first-order valence-electron chi connectivity index (χ1n) is 9.73. The molecule has 0 saturated carbocycles. The number of benzene rings is 2. The molecular weight excluding hydrogens is 499 g/mol. The molecule has 2 N–H and O–H groups in total. The Morgan fingerprint density at radius 3 is 2.28 bits per heavy atom. The number of nitrogens with one attached hydrogen (secondary N) is 2. The number of hydrogen-bond donors (Lipinski definition) is 2. The van der Waals surface area contributed by atoms with Crippen LogP contribution in [0.1, 0.15) is 40.7 Å². The summed E-state index contributed by atoms with van der Waals surface area (Å²) in [5.74, 6) is 0.853. The third-order valence-electron chi connectivity index (χ3n) is 4.88. The van der Waals surface area contributed by atoms with Crippen molar-refractivity contribution in [2.24, 2.45) is 4.99 Å². The molecule has 2 aromatic carbocycles. The fourth-order valence-corrected chi connectivity index (χ4v) is 3.50. The summed E-state index contributed by atoms with van der Waals surface area (Å²) in [6.45, 7) is 3.02. The summed E-state index contributed by atoms with van der Waals surface area (Å²) in [4.78, 5) is 18.7. The van der Waals surface area contributed by atoms with Crippen LogP contribution in [-0.2, 0) is 13.1 Å². The molecule has 0 bridgehead atoms. The van der Waals surface area contributed by atoms with Crippen molar-refractivity contribution in [3.63, 3.8) is 0 Å². The van der Waals surface area contributed by atoms with Gasteiger partial charge in [-0.05, 0) is 54.7 Å².